The third kappa shape index (κ3) is 6.41. The highest BCUT2D eigenvalue weighted by Gasteiger charge is 2.15. The molecule has 0 aliphatic heterocycles. The predicted molar refractivity (Wildman–Crippen MR) is 122 cm³/mol. The van der Waals surface area contributed by atoms with Crippen molar-refractivity contribution in [3.8, 4) is 0 Å². The van der Waals surface area contributed by atoms with Crippen LogP contribution in [0.4, 0.5) is 11.4 Å². The van der Waals surface area contributed by atoms with E-state index < -0.39 is 19.9 Å². The van der Waals surface area contributed by atoms with E-state index in [2.05, 4.69) is 10.6 Å². The number of sulfone groups is 1. The summed E-state index contributed by atoms with van der Waals surface area (Å²) < 4.78 is 47.9. The van der Waals surface area contributed by atoms with Crippen LogP contribution in [-0.2, 0) is 19.9 Å². The Morgan fingerprint density at radius 1 is 1.07 bits per heavy atom. The van der Waals surface area contributed by atoms with Crippen LogP contribution in [0.2, 0.25) is 0 Å². The van der Waals surface area contributed by atoms with Gasteiger partial charge in [0, 0.05) is 19.0 Å². The number of hydrogen-bond donors (Lipinski definition) is 2. The average Bonchev–Trinajstić information content (AvgIpc) is 2.64. The molecule has 2 aromatic carbocycles. The zero-order valence-corrected chi connectivity index (χ0v) is 19.2. The van der Waals surface area contributed by atoms with Crippen molar-refractivity contribution in [2.24, 2.45) is 0 Å². The minimum atomic E-state index is -3.36. The van der Waals surface area contributed by atoms with Gasteiger partial charge in [-0.25, -0.2) is 16.8 Å². The molecule has 10 heteroatoms. The van der Waals surface area contributed by atoms with Crippen molar-refractivity contribution in [3.05, 3.63) is 54.1 Å². The molecule has 0 aromatic heterocycles. The monoisotopic (exact) mass is 455 g/mol. The molecule has 0 saturated carbocycles. The first-order valence-corrected chi connectivity index (χ1v) is 13.0. The zero-order chi connectivity index (χ0) is 21.8. The van der Waals surface area contributed by atoms with Gasteiger partial charge in [-0.05, 0) is 54.5 Å². The first-order chi connectivity index (χ1) is 13.4. The largest absolute Gasteiger partial charge is 0.356 e. The molecular weight excluding hydrogens is 430 g/mol. The number of thiocarbonyl (C=S) groups is 1. The number of hydrogen-bond acceptors (Lipinski definition) is 5. The molecule has 0 heterocycles. The Kier molecular flexibility index (Phi) is 7.25. The Labute approximate surface area is 178 Å². The van der Waals surface area contributed by atoms with E-state index in [1.54, 1.807) is 48.5 Å². The first-order valence-electron chi connectivity index (χ1n) is 8.83. The fourth-order valence-corrected chi connectivity index (χ4v) is 4.05. The number of nitrogens with zero attached hydrogens (tertiary/aromatic N) is 1. The highest BCUT2D eigenvalue weighted by atomic mass is 32.2. The van der Waals surface area contributed by atoms with E-state index in [9.17, 15) is 16.8 Å². The summed E-state index contributed by atoms with van der Waals surface area (Å²) in [5.41, 5.74) is 2.08. The summed E-state index contributed by atoms with van der Waals surface area (Å²) in [5, 5.41) is 6.65. The van der Waals surface area contributed by atoms with E-state index in [0.29, 0.717) is 16.5 Å². The second kappa shape index (κ2) is 9.10. The summed E-state index contributed by atoms with van der Waals surface area (Å²) in [7, 11) is -5.12. The van der Waals surface area contributed by atoms with Gasteiger partial charge in [0.25, 0.3) is 0 Å². The van der Waals surface area contributed by atoms with Gasteiger partial charge < -0.3 is 10.6 Å². The number of anilines is 2. The molecule has 0 aliphatic rings. The van der Waals surface area contributed by atoms with Crippen LogP contribution in [0.5, 0.6) is 0 Å². The highest BCUT2D eigenvalue weighted by Crippen LogP contribution is 2.22. The van der Waals surface area contributed by atoms with Crippen LogP contribution < -0.4 is 14.9 Å². The van der Waals surface area contributed by atoms with Crippen LogP contribution >= 0.6 is 12.2 Å². The third-order valence-electron chi connectivity index (χ3n) is 4.39. The summed E-state index contributed by atoms with van der Waals surface area (Å²) in [5.74, 6) is 0. The summed E-state index contributed by atoms with van der Waals surface area (Å²) in [6.45, 7) is 1.99. The molecule has 0 bridgehead atoms. The van der Waals surface area contributed by atoms with E-state index in [1.165, 1.54) is 17.6 Å². The molecule has 0 unspecified atom stereocenters. The van der Waals surface area contributed by atoms with E-state index in [4.69, 9.17) is 12.2 Å². The van der Waals surface area contributed by atoms with Gasteiger partial charge in [0.15, 0.2) is 14.9 Å². The van der Waals surface area contributed by atoms with Crippen LogP contribution in [0.1, 0.15) is 24.9 Å². The van der Waals surface area contributed by atoms with Gasteiger partial charge in [-0.15, -0.1) is 0 Å². The van der Waals surface area contributed by atoms with Gasteiger partial charge in [-0.2, -0.15) is 0 Å². The minimum Gasteiger partial charge on any atom is -0.356 e. The van der Waals surface area contributed by atoms with Crippen LogP contribution in [0, 0.1) is 0 Å². The zero-order valence-electron chi connectivity index (χ0n) is 16.7. The lowest BCUT2D eigenvalue weighted by Gasteiger charge is -2.21. The fourth-order valence-electron chi connectivity index (χ4n) is 2.66. The average molecular weight is 456 g/mol. The molecule has 0 radical (unpaired) electrons. The van der Waals surface area contributed by atoms with Crippen molar-refractivity contribution in [3.63, 3.8) is 0 Å². The lowest BCUT2D eigenvalue weighted by Crippen LogP contribution is -2.32. The van der Waals surface area contributed by atoms with Crippen LogP contribution in [-0.4, -0.2) is 41.5 Å². The van der Waals surface area contributed by atoms with Crippen molar-refractivity contribution >= 4 is 48.6 Å². The topological polar surface area (TPSA) is 95.6 Å². The van der Waals surface area contributed by atoms with Crippen LogP contribution in [0.3, 0.4) is 0 Å². The first kappa shape index (κ1) is 23.1. The fraction of sp³-hybridized carbons (Fsp3) is 0.316. The molecule has 1 atom stereocenters. The van der Waals surface area contributed by atoms with E-state index in [-0.39, 0.29) is 10.9 Å². The number of sulfonamides is 1. The second-order valence-corrected chi connectivity index (χ2v) is 11.1. The SMILES string of the molecule is CC[C@@H](NC(=S)Nc1cccc(N(C)S(C)(=O)=O)c1)c1ccc(S(C)(=O)=O)cc1. The van der Waals surface area contributed by atoms with Gasteiger partial charge in [0.1, 0.15) is 0 Å². The second-order valence-electron chi connectivity index (χ2n) is 6.68. The molecule has 158 valence electrons. The molecule has 2 rings (SSSR count). The number of rotatable bonds is 7. The molecule has 7 nitrogen and oxygen atoms in total. The van der Waals surface area contributed by atoms with E-state index in [0.717, 1.165) is 18.2 Å². The van der Waals surface area contributed by atoms with Crippen LogP contribution in [0.25, 0.3) is 0 Å². The molecule has 0 amide bonds. The predicted octanol–water partition coefficient (Wildman–Crippen LogP) is 2.92. The molecule has 2 N–H and O–H groups in total. The van der Waals surface area contributed by atoms with Gasteiger partial charge in [-0.1, -0.05) is 25.1 Å². The Morgan fingerprint density at radius 2 is 1.69 bits per heavy atom. The van der Waals surface area contributed by atoms with E-state index in [1.807, 2.05) is 6.92 Å². The van der Waals surface area contributed by atoms with Crippen molar-refractivity contribution in [1.29, 1.82) is 0 Å². The Bertz CT molecular complexity index is 1080. The standard InChI is InChI=1S/C19H25N3O4S3/c1-5-18(14-9-11-17(12-10-14)28(3,23)24)21-19(27)20-15-7-6-8-16(13-15)22(2)29(4,25)26/h6-13,18H,5H2,1-4H3,(H2,20,21,27)/t18-/m1/s1. The van der Waals surface area contributed by atoms with Gasteiger partial charge in [-0.3, -0.25) is 4.31 Å². The number of nitrogens with one attached hydrogen (secondary N) is 2. The van der Waals surface area contributed by atoms with Gasteiger partial charge >= 0.3 is 0 Å². The Morgan fingerprint density at radius 3 is 2.21 bits per heavy atom. The summed E-state index contributed by atoms with van der Waals surface area (Å²) >= 11 is 5.40. The molecule has 0 spiro atoms. The van der Waals surface area contributed by atoms with Crippen molar-refractivity contribution in [2.45, 2.75) is 24.3 Å². The summed E-state index contributed by atoms with van der Waals surface area (Å²) in [6.07, 6.45) is 3.04. The normalized spacial score (nSPS) is 12.8. The minimum absolute atomic E-state index is 0.106. The lowest BCUT2D eigenvalue weighted by atomic mass is 10.1. The van der Waals surface area contributed by atoms with E-state index >= 15 is 0 Å². The smallest absolute Gasteiger partial charge is 0.231 e. The van der Waals surface area contributed by atoms with Gasteiger partial charge in [0.2, 0.25) is 10.0 Å². The maximum Gasteiger partial charge on any atom is 0.231 e. The van der Waals surface area contributed by atoms with Crippen molar-refractivity contribution in [1.82, 2.24) is 5.32 Å². The van der Waals surface area contributed by atoms with Crippen molar-refractivity contribution < 1.29 is 16.8 Å². The molecule has 0 saturated heterocycles. The number of benzene rings is 2. The molecule has 2 aromatic rings. The Hall–Kier alpha value is -2.17. The maximum absolute atomic E-state index is 11.7. The lowest BCUT2D eigenvalue weighted by molar-refractivity contribution is 0.599. The van der Waals surface area contributed by atoms with Crippen LogP contribution in [0.15, 0.2) is 53.4 Å². The third-order valence-corrected chi connectivity index (χ3v) is 6.94. The Balaban J connectivity index is 2.11. The molecule has 0 aliphatic carbocycles. The highest BCUT2D eigenvalue weighted by molar-refractivity contribution is 7.92. The molecule has 29 heavy (non-hydrogen) atoms. The molecular formula is C19H25N3O4S3. The quantitative estimate of drug-likeness (QED) is 0.620. The summed E-state index contributed by atoms with van der Waals surface area (Å²) in [6, 6.07) is 13.5. The maximum atomic E-state index is 11.7. The van der Waals surface area contributed by atoms with Crippen molar-refractivity contribution in [2.75, 3.05) is 29.2 Å². The summed E-state index contributed by atoms with van der Waals surface area (Å²) in [4.78, 5) is 0.267. The molecule has 0 fully saturated rings. The van der Waals surface area contributed by atoms with Gasteiger partial charge in [0.05, 0.1) is 22.9 Å².